The van der Waals surface area contributed by atoms with Crippen LogP contribution in [0.4, 0.5) is 10.5 Å². The molecule has 4 atom stereocenters. The molecule has 1 saturated heterocycles. The van der Waals surface area contributed by atoms with Gasteiger partial charge in [0.2, 0.25) is 0 Å². The van der Waals surface area contributed by atoms with Gasteiger partial charge in [0.1, 0.15) is 19.0 Å². The van der Waals surface area contributed by atoms with Crippen molar-refractivity contribution in [1.29, 1.82) is 0 Å². The molecule has 0 radical (unpaired) electrons. The molecule has 0 aromatic heterocycles. The number of methoxy groups -OCH3 is 3. The van der Waals surface area contributed by atoms with E-state index >= 15 is 0 Å². The highest BCUT2D eigenvalue weighted by atomic mass is 16.6. The lowest BCUT2D eigenvalue weighted by Gasteiger charge is -2.43. The Morgan fingerprint density at radius 2 is 1.64 bits per heavy atom. The van der Waals surface area contributed by atoms with Crippen molar-refractivity contribution < 1.29 is 38.0 Å². The molecule has 272 valence electrons. The molecule has 1 fully saturated rings. The number of fused-ring (bicyclic) bond motifs is 1. The van der Waals surface area contributed by atoms with Crippen LogP contribution in [0.5, 0.6) is 5.75 Å². The third kappa shape index (κ3) is 10.7. The molecule has 2 aliphatic rings. The Kier molecular flexibility index (Phi) is 14.8. The predicted molar refractivity (Wildman–Crippen MR) is 193 cm³/mol. The van der Waals surface area contributed by atoms with Gasteiger partial charge in [-0.25, -0.2) is 4.79 Å². The highest BCUT2D eigenvalue weighted by Gasteiger charge is 2.41. The minimum absolute atomic E-state index is 0.00341. The number of ether oxygens (including phenoxy) is 7. The van der Waals surface area contributed by atoms with Crippen LogP contribution in [0.3, 0.4) is 0 Å². The number of rotatable bonds is 18. The van der Waals surface area contributed by atoms with Crippen molar-refractivity contribution in [2.75, 3.05) is 85.4 Å². The SMILES string of the molecule is COCCCN1CCOc2ccc(CO[C@H]3CN(C(=O)OCc4ccccc4)CC(COC)C3c3ccc(COC[C@@H](C)COC)cc3)cc21. The van der Waals surface area contributed by atoms with Gasteiger partial charge >= 0.3 is 6.09 Å². The fourth-order valence-electron chi connectivity index (χ4n) is 6.87. The van der Waals surface area contributed by atoms with Crippen LogP contribution in [-0.4, -0.2) is 97.6 Å². The third-order valence-corrected chi connectivity index (χ3v) is 9.32. The topological polar surface area (TPSA) is 88.2 Å². The van der Waals surface area contributed by atoms with E-state index in [9.17, 15) is 4.79 Å². The van der Waals surface area contributed by atoms with Crippen molar-refractivity contribution in [2.24, 2.45) is 11.8 Å². The van der Waals surface area contributed by atoms with Gasteiger partial charge in [0.05, 0.1) is 57.9 Å². The second-order valence-electron chi connectivity index (χ2n) is 13.3. The number of carbonyl (C=O) groups excluding carboxylic acids is 1. The highest BCUT2D eigenvalue weighted by Crippen LogP contribution is 2.38. The summed E-state index contributed by atoms with van der Waals surface area (Å²) in [6.07, 6.45) is 0.292. The number of anilines is 1. The number of hydrogen-bond donors (Lipinski definition) is 0. The van der Waals surface area contributed by atoms with Gasteiger partial charge in [0.15, 0.2) is 0 Å². The zero-order valence-electron chi connectivity index (χ0n) is 30.1. The normalized spacial score (nSPS) is 19.5. The van der Waals surface area contributed by atoms with Crippen LogP contribution < -0.4 is 9.64 Å². The summed E-state index contributed by atoms with van der Waals surface area (Å²) in [7, 11) is 5.15. The lowest BCUT2D eigenvalue weighted by molar-refractivity contribution is -0.0555. The number of carbonyl (C=O) groups is 1. The van der Waals surface area contributed by atoms with E-state index in [1.807, 2.05) is 36.4 Å². The summed E-state index contributed by atoms with van der Waals surface area (Å²) in [5, 5.41) is 0. The third-order valence-electron chi connectivity index (χ3n) is 9.32. The highest BCUT2D eigenvalue weighted by molar-refractivity contribution is 5.68. The molecule has 10 nitrogen and oxygen atoms in total. The number of amides is 1. The molecular weight excluding hydrogens is 636 g/mol. The second kappa shape index (κ2) is 19.7. The second-order valence-corrected chi connectivity index (χ2v) is 13.3. The van der Waals surface area contributed by atoms with E-state index in [1.165, 1.54) is 0 Å². The molecule has 0 aliphatic carbocycles. The summed E-state index contributed by atoms with van der Waals surface area (Å²) in [5.74, 6) is 1.21. The summed E-state index contributed by atoms with van der Waals surface area (Å²) in [5.41, 5.74) is 5.32. The maximum absolute atomic E-state index is 13.5. The average molecular weight is 691 g/mol. The van der Waals surface area contributed by atoms with Gasteiger partial charge in [-0.3, -0.25) is 0 Å². The van der Waals surface area contributed by atoms with Crippen molar-refractivity contribution in [2.45, 2.75) is 45.2 Å². The summed E-state index contributed by atoms with van der Waals surface area (Å²) < 4.78 is 40.8. The van der Waals surface area contributed by atoms with Gasteiger partial charge in [-0.2, -0.15) is 0 Å². The number of benzene rings is 3. The fourth-order valence-corrected chi connectivity index (χ4v) is 6.87. The van der Waals surface area contributed by atoms with E-state index in [4.69, 9.17) is 33.2 Å². The Morgan fingerprint density at radius 1 is 0.860 bits per heavy atom. The van der Waals surface area contributed by atoms with Crippen LogP contribution in [0.25, 0.3) is 0 Å². The molecule has 3 aromatic rings. The van der Waals surface area contributed by atoms with Crippen LogP contribution in [-0.2, 0) is 48.2 Å². The van der Waals surface area contributed by atoms with Crippen molar-refractivity contribution >= 4 is 11.8 Å². The Labute approximate surface area is 297 Å². The Morgan fingerprint density at radius 3 is 2.40 bits per heavy atom. The first-order valence-electron chi connectivity index (χ1n) is 17.7. The molecule has 5 rings (SSSR count). The van der Waals surface area contributed by atoms with E-state index in [0.29, 0.717) is 65.3 Å². The first-order valence-corrected chi connectivity index (χ1v) is 17.7. The molecule has 0 bridgehead atoms. The molecule has 2 heterocycles. The first kappa shape index (κ1) is 37.6. The molecule has 2 unspecified atom stereocenters. The van der Waals surface area contributed by atoms with Crippen molar-refractivity contribution in [3.63, 3.8) is 0 Å². The van der Waals surface area contributed by atoms with E-state index in [1.54, 1.807) is 26.2 Å². The van der Waals surface area contributed by atoms with Crippen molar-refractivity contribution in [3.05, 3.63) is 95.1 Å². The minimum atomic E-state index is -0.352. The average Bonchev–Trinajstić information content (AvgIpc) is 3.14. The van der Waals surface area contributed by atoms with Crippen molar-refractivity contribution in [3.8, 4) is 5.75 Å². The summed E-state index contributed by atoms with van der Waals surface area (Å²) in [6, 6.07) is 24.6. The lowest BCUT2D eigenvalue weighted by atomic mass is 9.78. The maximum Gasteiger partial charge on any atom is 0.410 e. The minimum Gasteiger partial charge on any atom is -0.490 e. The molecule has 0 saturated carbocycles. The Balaban J connectivity index is 1.33. The standard InChI is InChI=1S/C40H54N2O8/c1-30(24-45-3)25-47-26-32-11-14-34(15-12-32)39-35(29-46-4)22-42(40(43)50-27-31-9-6-5-7-10-31)23-38(39)49-28-33-13-16-37-36(21-33)41(18-20-48-37)17-8-19-44-2/h5-7,9-16,21,30,35,38-39H,8,17-20,22-29H2,1-4H3/t30-,35?,38-,39?/m0/s1. The van der Waals surface area contributed by atoms with Gasteiger partial charge in [-0.05, 0) is 40.8 Å². The van der Waals surface area contributed by atoms with Crippen molar-refractivity contribution in [1.82, 2.24) is 4.90 Å². The quantitative estimate of drug-likeness (QED) is 0.143. The van der Waals surface area contributed by atoms with E-state index in [2.05, 4.69) is 48.2 Å². The predicted octanol–water partition coefficient (Wildman–Crippen LogP) is 6.31. The zero-order valence-corrected chi connectivity index (χ0v) is 30.1. The van der Waals surface area contributed by atoms with E-state index in [0.717, 1.165) is 53.2 Å². The smallest absolute Gasteiger partial charge is 0.410 e. The maximum atomic E-state index is 13.5. The lowest BCUT2D eigenvalue weighted by Crippen LogP contribution is -2.52. The molecule has 50 heavy (non-hydrogen) atoms. The molecule has 3 aromatic carbocycles. The van der Waals surface area contributed by atoms with Gasteiger partial charge in [-0.15, -0.1) is 0 Å². The summed E-state index contributed by atoms with van der Waals surface area (Å²) in [4.78, 5) is 17.6. The largest absolute Gasteiger partial charge is 0.490 e. The van der Waals surface area contributed by atoms with Gasteiger partial charge in [0, 0.05) is 58.8 Å². The van der Waals surface area contributed by atoms with Gasteiger partial charge < -0.3 is 43.0 Å². The molecule has 1 amide bonds. The Bertz CT molecular complexity index is 1440. The van der Waals surface area contributed by atoms with Gasteiger partial charge in [0.25, 0.3) is 0 Å². The van der Waals surface area contributed by atoms with Crippen LogP contribution in [0.1, 0.15) is 41.5 Å². The summed E-state index contributed by atoms with van der Waals surface area (Å²) >= 11 is 0. The number of hydrogen-bond acceptors (Lipinski definition) is 9. The Hall–Kier alpha value is -3.67. The van der Waals surface area contributed by atoms with Crippen LogP contribution in [0, 0.1) is 11.8 Å². The van der Waals surface area contributed by atoms with Crippen LogP contribution in [0.15, 0.2) is 72.8 Å². The van der Waals surface area contributed by atoms with Gasteiger partial charge in [-0.1, -0.05) is 67.6 Å². The molecule has 0 N–H and O–H groups in total. The number of likely N-dealkylation sites (tertiary alicyclic amines) is 1. The molecule has 2 aliphatic heterocycles. The molecular formula is C40H54N2O8. The monoisotopic (exact) mass is 690 g/mol. The van der Waals surface area contributed by atoms with E-state index in [-0.39, 0.29) is 30.6 Å². The molecule has 0 spiro atoms. The zero-order chi connectivity index (χ0) is 35.1. The summed E-state index contributed by atoms with van der Waals surface area (Å²) in [6.45, 7) is 9.04. The fraction of sp³-hybridized carbons (Fsp3) is 0.525. The molecule has 10 heteroatoms. The number of piperidine rings is 1. The van der Waals surface area contributed by atoms with E-state index < -0.39 is 0 Å². The number of nitrogens with zero attached hydrogens (tertiary/aromatic N) is 2. The first-order chi connectivity index (χ1) is 24.5. The van der Waals surface area contributed by atoms with Crippen LogP contribution in [0.2, 0.25) is 0 Å². The van der Waals surface area contributed by atoms with Crippen LogP contribution >= 0.6 is 0 Å².